The number of thiazole rings is 1. The van der Waals surface area contributed by atoms with Gasteiger partial charge in [0.2, 0.25) is 0 Å². The molecule has 0 aliphatic rings. The first-order valence-electron chi connectivity index (χ1n) is 6.39. The maximum atomic E-state index is 6.25. The Morgan fingerprint density at radius 3 is 2.74 bits per heavy atom. The van der Waals surface area contributed by atoms with Crippen LogP contribution in [0.1, 0.15) is 29.0 Å². The summed E-state index contributed by atoms with van der Waals surface area (Å²) in [6.07, 6.45) is 1.62. The molecular formula is C13H19BrN4S. The topological polar surface area (TPSA) is 56.7 Å². The van der Waals surface area contributed by atoms with Crippen LogP contribution in [0.25, 0.3) is 0 Å². The van der Waals surface area contributed by atoms with Gasteiger partial charge in [-0.1, -0.05) is 0 Å². The van der Waals surface area contributed by atoms with Crippen LogP contribution in [0.4, 0.5) is 0 Å². The molecule has 6 heteroatoms. The third-order valence-electron chi connectivity index (χ3n) is 3.05. The highest BCUT2D eigenvalue weighted by Gasteiger charge is 2.16. The number of halogens is 1. The van der Waals surface area contributed by atoms with Crippen molar-refractivity contribution in [3.05, 3.63) is 31.9 Å². The van der Waals surface area contributed by atoms with Gasteiger partial charge >= 0.3 is 0 Å². The standard InChI is InChI=1S/C13H19BrN4S/c1-4-18-12(13(14)8(2)17-18)6-10(15)5-11-7-19-9(3)16-11/h7,10H,4-6,15H2,1-3H3. The zero-order valence-electron chi connectivity index (χ0n) is 11.5. The van der Waals surface area contributed by atoms with Crippen molar-refractivity contribution in [1.29, 1.82) is 0 Å². The Morgan fingerprint density at radius 1 is 1.42 bits per heavy atom. The maximum absolute atomic E-state index is 6.25. The van der Waals surface area contributed by atoms with E-state index < -0.39 is 0 Å². The average Bonchev–Trinajstić information content (AvgIpc) is 2.87. The number of hydrogen-bond donors (Lipinski definition) is 1. The van der Waals surface area contributed by atoms with E-state index in [9.17, 15) is 0 Å². The summed E-state index contributed by atoms with van der Waals surface area (Å²) in [7, 11) is 0. The predicted molar refractivity (Wildman–Crippen MR) is 82.6 cm³/mol. The summed E-state index contributed by atoms with van der Waals surface area (Å²) >= 11 is 5.28. The molecule has 1 unspecified atom stereocenters. The van der Waals surface area contributed by atoms with Crippen LogP contribution in [0, 0.1) is 13.8 Å². The Balaban J connectivity index is 2.08. The smallest absolute Gasteiger partial charge is 0.0897 e. The normalized spacial score (nSPS) is 12.9. The van der Waals surface area contributed by atoms with Crippen LogP contribution >= 0.6 is 27.3 Å². The zero-order valence-corrected chi connectivity index (χ0v) is 13.9. The van der Waals surface area contributed by atoms with Crippen LogP contribution < -0.4 is 5.73 Å². The molecule has 0 radical (unpaired) electrons. The van der Waals surface area contributed by atoms with E-state index in [2.05, 4.69) is 38.3 Å². The number of nitrogens with zero attached hydrogens (tertiary/aromatic N) is 3. The Morgan fingerprint density at radius 2 is 2.16 bits per heavy atom. The van der Waals surface area contributed by atoms with Gasteiger partial charge in [0.05, 0.1) is 26.6 Å². The largest absolute Gasteiger partial charge is 0.327 e. The molecule has 0 bridgehead atoms. The van der Waals surface area contributed by atoms with Gasteiger partial charge in [-0.05, 0) is 36.7 Å². The molecule has 19 heavy (non-hydrogen) atoms. The van der Waals surface area contributed by atoms with Gasteiger partial charge in [0.1, 0.15) is 0 Å². The highest BCUT2D eigenvalue weighted by atomic mass is 79.9. The first-order valence-corrected chi connectivity index (χ1v) is 8.06. The lowest BCUT2D eigenvalue weighted by molar-refractivity contribution is 0.571. The molecule has 2 aromatic heterocycles. The molecule has 0 saturated carbocycles. The number of nitrogens with two attached hydrogens (primary N) is 1. The first-order chi connectivity index (χ1) is 9.01. The molecule has 2 aromatic rings. The number of aryl methyl sites for hydroxylation is 3. The molecule has 0 spiro atoms. The van der Waals surface area contributed by atoms with Gasteiger partial charge in [-0.2, -0.15) is 5.10 Å². The van der Waals surface area contributed by atoms with Crippen molar-refractivity contribution in [2.75, 3.05) is 0 Å². The molecule has 2 rings (SSSR count). The van der Waals surface area contributed by atoms with E-state index in [0.29, 0.717) is 0 Å². The maximum Gasteiger partial charge on any atom is 0.0897 e. The third kappa shape index (κ3) is 3.43. The van der Waals surface area contributed by atoms with Crippen LogP contribution in [0.3, 0.4) is 0 Å². The summed E-state index contributed by atoms with van der Waals surface area (Å²) in [6.45, 7) is 6.99. The summed E-state index contributed by atoms with van der Waals surface area (Å²) < 4.78 is 3.10. The average molecular weight is 343 g/mol. The monoisotopic (exact) mass is 342 g/mol. The number of hydrogen-bond acceptors (Lipinski definition) is 4. The number of rotatable bonds is 5. The Kier molecular flexibility index (Phi) is 4.76. The van der Waals surface area contributed by atoms with Gasteiger partial charge in [-0.3, -0.25) is 4.68 Å². The molecule has 0 aromatic carbocycles. The van der Waals surface area contributed by atoms with E-state index in [0.717, 1.165) is 40.3 Å². The van der Waals surface area contributed by atoms with Crippen molar-refractivity contribution in [3.63, 3.8) is 0 Å². The minimum Gasteiger partial charge on any atom is -0.327 e. The molecule has 0 fully saturated rings. The van der Waals surface area contributed by atoms with Gasteiger partial charge in [0, 0.05) is 30.8 Å². The summed E-state index contributed by atoms with van der Waals surface area (Å²) in [6, 6.07) is 0.0687. The quantitative estimate of drug-likeness (QED) is 0.908. The predicted octanol–water partition coefficient (Wildman–Crippen LogP) is 2.85. The van der Waals surface area contributed by atoms with Crippen molar-refractivity contribution < 1.29 is 0 Å². The fourth-order valence-electron chi connectivity index (χ4n) is 2.16. The fourth-order valence-corrected chi connectivity index (χ4v) is 3.23. The number of aromatic nitrogens is 3. The molecule has 0 aliphatic heterocycles. The van der Waals surface area contributed by atoms with E-state index in [-0.39, 0.29) is 6.04 Å². The summed E-state index contributed by atoms with van der Waals surface area (Å²) in [4.78, 5) is 4.47. The minimum absolute atomic E-state index is 0.0687. The zero-order chi connectivity index (χ0) is 14.0. The van der Waals surface area contributed by atoms with Crippen molar-refractivity contribution in [2.24, 2.45) is 5.73 Å². The van der Waals surface area contributed by atoms with E-state index in [1.165, 1.54) is 5.69 Å². The van der Waals surface area contributed by atoms with E-state index in [1.54, 1.807) is 11.3 Å². The van der Waals surface area contributed by atoms with Crippen LogP contribution in [-0.2, 0) is 19.4 Å². The molecule has 0 amide bonds. The third-order valence-corrected chi connectivity index (χ3v) is 4.90. The van der Waals surface area contributed by atoms with Crippen LogP contribution in [-0.4, -0.2) is 20.8 Å². The first kappa shape index (κ1) is 14.7. The van der Waals surface area contributed by atoms with Gasteiger partial charge < -0.3 is 5.73 Å². The van der Waals surface area contributed by atoms with Crippen LogP contribution in [0.15, 0.2) is 9.85 Å². The molecule has 2 N–H and O–H groups in total. The van der Waals surface area contributed by atoms with Crippen molar-refractivity contribution in [1.82, 2.24) is 14.8 Å². The van der Waals surface area contributed by atoms with Gasteiger partial charge in [0.25, 0.3) is 0 Å². The summed E-state index contributed by atoms with van der Waals surface area (Å²) in [5, 5.41) is 7.68. The fraction of sp³-hybridized carbons (Fsp3) is 0.538. The second-order valence-electron chi connectivity index (χ2n) is 4.69. The Hall–Kier alpha value is -0.720. The Labute approximate surface area is 126 Å². The molecule has 2 heterocycles. The molecule has 0 aliphatic carbocycles. The van der Waals surface area contributed by atoms with E-state index in [1.807, 2.05) is 18.5 Å². The molecular weight excluding hydrogens is 324 g/mol. The van der Waals surface area contributed by atoms with Crippen LogP contribution in [0.5, 0.6) is 0 Å². The minimum atomic E-state index is 0.0687. The summed E-state index contributed by atoms with van der Waals surface area (Å²) in [5.74, 6) is 0. The lowest BCUT2D eigenvalue weighted by atomic mass is 10.1. The molecule has 104 valence electrons. The van der Waals surface area contributed by atoms with Gasteiger partial charge in [-0.15, -0.1) is 11.3 Å². The van der Waals surface area contributed by atoms with Gasteiger partial charge in [-0.25, -0.2) is 4.98 Å². The van der Waals surface area contributed by atoms with E-state index >= 15 is 0 Å². The van der Waals surface area contributed by atoms with Crippen LogP contribution in [0.2, 0.25) is 0 Å². The molecule has 4 nitrogen and oxygen atoms in total. The van der Waals surface area contributed by atoms with E-state index in [4.69, 9.17) is 5.73 Å². The highest BCUT2D eigenvalue weighted by Crippen LogP contribution is 2.22. The van der Waals surface area contributed by atoms with Gasteiger partial charge in [0.15, 0.2) is 0 Å². The van der Waals surface area contributed by atoms with Crippen molar-refractivity contribution in [3.8, 4) is 0 Å². The Bertz CT molecular complexity index is 561. The second kappa shape index (κ2) is 6.15. The molecule has 1 atom stereocenters. The SMILES string of the molecule is CCn1nc(C)c(Br)c1CC(N)Cc1csc(C)n1. The lowest BCUT2D eigenvalue weighted by Gasteiger charge is -2.12. The lowest BCUT2D eigenvalue weighted by Crippen LogP contribution is -2.27. The highest BCUT2D eigenvalue weighted by molar-refractivity contribution is 9.10. The molecule has 0 saturated heterocycles. The van der Waals surface area contributed by atoms with Crippen molar-refractivity contribution in [2.45, 2.75) is 46.2 Å². The van der Waals surface area contributed by atoms with Crippen molar-refractivity contribution >= 4 is 27.3 Å². The summed E-state index contributed by atoms with van der Waals surface area (Å²) in [5.41, 5.74) is 9.54. The second-order valence-corrected chi connectivity index (χ2v) is 6.54.